The second-order valence-electron chi connectivity index (χ2n) is 4.98. The lowest BCUT2D eigenvalue weighted by molar-refractivity contribution is 0.0733. The van der Waals surface area contributed by atoms with Crippen molar-refractivity contribution in [2.75, 3.05) is 0 Å². The minimum Gasteiger partial charge on any atom is -0.379 e. The number of fused-ring (bicyclic) bond motifs is 1. The Balaban J connectivity index is 2.24. The van der Waals surface area contributed by atoms with Crippen LogP contribution in [-0.4, -0.2) is 15.1 Å². The number of hydrogen-bond acceptors (Lipinski definition) is 3. The van der Waals surface area contributed by atoms with E-state index in [1.807, 2.05) is 31.2 Å². The third-order valence-corrected chi connectivity index (χ3v) is 3.79. The van der Waals surface area contributed by atoms with Crippen molar-refractivity contribution in [3.63, 3.8) is 0 Å². The zero-order chi connectivity index (χ0) is 14.9. The maximum absolute atomic E-state index is 13.1. The Labute approximate surface area is 122 Å². The number of benzene rings is 1. The molecule has 1 N–H and O–H groups in total. The summed E-state index contributed by atoms with van der Waals surface area (Å²) in [7, 11) is 0. The fraction of sp³-hybridized carbons (Fsp3) is 0.176. The number of halogens is 1. The number of nitrogens with zero attached hydrogens (tertiary/aromatic N) is 2. The highest BCUT2D eigenvalue weighted by molar-refractivity contribution is 5.86. The summed E-state index contributed by atoms with van der Waals surface area (Å²) in [5.41, 5.74) is -0.0612. The molecular formula is C17H15FN2O. The number of pyridine rings is 2. The van der Waals surface area contributed by atoms with E-state index in [9.17, 15) is 9.50 Å². The van der Waals surface area contributed by atoms with Gasteiger partial charge in [-0.25, -0.2) is 4.39 Å². The van der Waals surface area contributed by atoms with Gasteiger partial charge in [-0.05, 0) is 35.6 Å². The Bertz CT molecular complexity index is 768. The first-order chi connectivity index (χ1) is 10.1. The van der Waals surface area contributed by atoms with E-state index in [4.69, 9.17) is 0 Å². The van der Waals surface area contributed by atoms with Crippen molar-refractivity contribution in [3.05, 3.63) is 72.1 Å². The van der Waals surface area contributed by atoms with Gasteiger partial charge >= 0.3 is 0 Å². The van der Waals surface area contributed by atoms with Gasteiger partial charge in [0.1, 0.15) is 11.4 Å². The van der Waals surface area contributed by atoms with Gasteiger partial charge in [-0.1, -0.05) is 25.1 Å². The molecule has 0 amide bonds. The number of rotatable bonds is 3. The van der Waals surface area contributed by atoms with E-state index in [0.29, 0.717) is 12.1 Å². The van der Waals surface area contributed by atoms with Crippen molar-refractivity contribution in [2.45, 2.75) is 18.9 Å². The van der Waals surface area contributed by atoms with Gasteiger partial charge in [0.15, 0.2) is 0 Å². The van der Waals surface area contributed by atoms with Gasteiger partial charge in [0.05, 0.1) is 11.9 Å². The molecule has 3 nitrogen and oxygen atoms in total. The van der Waals surface area contributed by atoms with E-state index in [-0.39, 0.29) is 0 Å². The molecule has 0 saturated heterocycles. The van der Waals surface area contributed by atoms with Gasteiger partial charge in [0.25, 0.3) is 0 Å². The Morgan fingerprint density at radius 1 is 1.14 bits per heavy atom. The first kappa shape index (κ1) is 13.6. The minimum absolute atomic E-state index is 0.417. The third-order valence-electron chi connectivity index (χ3n) is 3.79. The van der Waals surface area contributed by atoms with Gasteiger partial charge in [0, 0.05) is 17.8 Å². The maximum atomic E-state index is 13.1. The van der Waals surface area contributed by atoms with Crippen LogP contribution in [0.15, 0.2) is 55.0 Å². The second-order valence-corrected chi connectivity index (χ2v) is 4.98. The van der Waals surface area contributed by atoms with Crippen LogP contribution < -0.4 is 0 Å². The van der Waals surface area contributed by atoms with Crippen molar-refractivity contribution < 1.29 is 9.50 Å². The smallest absolute Gasteiger partial charge is 0.141 e. The molecule has 1 unspecified atom stereocenters. The van der Waals surface area contributed by atoms with Crippen LogP contribution in [0.4, 0.5) is 4.39 Å². The fourth-order valence-electron chi connectivity index (χ4n) is 2.61. The maximum Gasteiger partial charge on any atom is 0.141 e. The lowest BCUT2D eigenvalue weighted by Crippen LogP contribution is -2.28. The van der Waals surface area contributed by atoms with Crippen LogP contribution in [0.5, 0.6) is 0 Å². The van der Waals surface area contributed by atoms with Crippen molar-refractivity contribution in [3.8, 4) is 0 Å². The Morgan fingerprint density at radius 2 is 2.00 bits per heavy atom. The highest BCUT2D eigenvalue weighted by atomic mass is 19.1. The zero-order valence-electron chi connectivity index (χ0n) is 11.6. The van der Waals surface area contributed by atoms with Crippen molar-refractivity contribution >= 4 is 10.8 Å². The van der Waals surface area contributed by atoms with Gasteiger partial charge in [0.2, 0.25) is 0 Å². The molecule has 4 heteroatoms. The number of aliphatic hydroxyl groups is 1. The molecule has 3 aromatic rings. The quantitative estimate of drug-likeness (QED) is 0.800. The normalized spacial score (nSPS) is 14.0. The van der Waals surface area contributed by atoms with Gasteiger partial charge in [-0.2, -0.15) is 0 Å². The first-order valence-electron chi connectivity index (χ1n) is 6.83. The van der Waals surface area contributed by atoms with E-state index < -0.39 is 11.4 Å². The Kier molecular flexibility index (Phi) is 3.39. The average Bonchev–Trinajstić information content (AvgIpc) is 2.54. The van der Waals surface area contributed by atoms with Crippen LogP contribution in [-0.2, 0) is 5.60 Å². The van der Waals surface area contributed by atoms with Gasteiger partial charge < -0.3 is 5.11 Å². The van der Waals surface area contributed by atoms with Crippen LogP contribution in [0.1, 0.15) is 24.6 Å². The van der Waals surface area contributed by atoms with Crippen LogP contribution in [0.2, 0.25) is 0 Å². The highest BCUT2D eigenvalue weighted by Gasteiger charge is 2.32. The SMILES string of the molecule is CCC(O)(c1ccc(F)cn1)c1cccc2cnccc12. The van der Waals surface area contributed by atoms with E-state index >= 15 is 0 Å². The van der Waals surface area contributed by atoms with Crippen LogP contribution in [0, 0.1) is 5.82 Å². The summed E-state index contributed by atoms with van der Waals surface area (Å²) in [5, 5.41) is 13.0. The van der Waals surface area contributed by atoms with Crippen molar-refractivity contribution in [1.29, 1.82) is 0 Å². The lowest BCUT2D eigenvalue weighted by Gasteiger charge is -2.28. The molecule has 2 heterocycles. The molecule has 1 atom stereocenters. The predicted octanol–water partition coefficient (Wildman–Crippen LogP) is 3.41. The van der Waals surface area contributed by atoms with E-state index in [1.54, 1.807) is 12.4 Å². The monoisotopic (exact) mass is 282 g/mol. The minimum atomic E-state index is -1.26. The highest BCUT2D eigenvalue weighted by Crippen LogP contribution is 2.35. The largest absolute Gasteiger partial charge is 0.379 e. The summed E-state index contributed by atoms with van der Waals surface area (Å²) in [5.74, 6) is -0.417. The molecule has 106 valence electrons. The van der Waals surface area contributed by atoms with E-state index in [0.717, 1.165) is 22.5 Å². The lowest BCUT2D eigenvalue weighted by atomic mass is 9.84. The molecule has 0 radical (unpaired) electrons. The zero-order valence-corrected chi connectivity index (χ0v) is 11.6. The standard InChI is InChI=1S/C17H15FN2O/c1-2-17(21,16-7-6-13(18)11-20-16)15-5-3-4-12-10-19-9-8-14(12)15/h3-11,21H,2H2,1H3. The van der Waals surface area contributed by atoms with Crippen LogP contribution in [0.25, 0.3) is 10.8 Å². The molecule has 3 rings (SSSR count). The number of hydrogen-bond donors (Lipinski definition) is 1. The molecule has 1 aromatic carbocycles. The average molecular weight is 282 g/mol. The van der Waals surface area contributed by atoms with Crippen LogP contribution >= 0.6 is 0 Å². The number of aromatic nitrogens is 2. The molecular weight excluding hydrogens is 267 g/mol. The van der Waals surface area contributed by atoms with Crippen molar-refractivity contribution in [2.24, 2.45) is 0 Å². The summed E-state index contributed by atoms with van der Waals surface area (Å²) < 4.78 is 13.1. The van der Waals surface area contributed by atoms with Crippen LogP contribution in [0.3, 0.4) is 0 Å². The summed E-state index contributed by atoms with van der Waals surface area (Å²) in [6.45, 7) is 1.88. The molecule has 2 aromatic heterocycles. The van der Waals surface area contributed by atoms with E-state index in [2.05, 4.69) is 9.97 Å². The fourth-order valence-corrected chi connectivity index (χ4v) is 2.61. The molecule has 0 bridgehead atoms. The molecule has 0 spiro atoms. The van der Waals surface area contributed by atoms with Gasteiger partial charge in [-0.3, -0.25) is 9.97 Å². The summed E-state index contributed by atoms with van der Waals surface area (Å²) in [6, 6.07) is 10.4. The second kappa shape index (κ2) is 5.22. The van der Waals surface area contributed by atoms with Crippen molar-refractivity contribution in [1.82, 2.24) is 9.97 Å². The summed E-state index contributed by atoms with van der Waals surface area (Å²) in [4.78, 5) is 8.16. The molecule has 0 saturated carbocycles. The molecule has 0 aliphatic heterocycles. The summed E-state index contributed by atoms with van der Waals surface area (Å²) >= 11 is 0. The van der Waals surface area contributed by atoms with Gasteiger partial charge in [-0.15, -0.1) is 0 Å². The summed E-state index contributed by atoms with van der Waals surface area (Å²) in [6.07, 6.45) is 5.02. The molecule has 0 fully saturated rings. The Hall–Kier alpha value is -2.33. The Morgan fingerprint density at radius 3 is 2.71 bits per heavy atom. The molecule has 0 aliphatic rings. The first-order valence-corrected chi connectivity index (χ1v) is 6.83. The topological polar surface area (TPSA) is 46.0 Å². The molecule has 0 aliphatic carbocycles. The van der Waals surface area contributed by atoms with E-state index in [1.165, 1.54) is 12.1 Å². The third kappa shape index (κ3) is 2.28. The predicted molar refractivity (Wildman–Crippen MR) is 79.2 cm³/mol. The molecule has 21 heavy (non-hydrogen) atoms.